The zero-order chi connectivity index (χ0) is 17.9. The zero-order valence-electron chi connectivity index (χ0n) is 15.5. The number of carbonyl (C=O) groups excluding carboxylic acids is 1. The fraction of sp³-hybridized carbons (Fsp3) is 0.765. The molecule has 134 valence electrons. The number of rotatable bonds is 13. The minimum Gasteiger partial charge on any atom is -0.550 e. The van der Waals surface area contributed by atoms with Gasteiger partial charge in [0.05, 0.1) is 19.6 Å². The second kappa shape index (κ2) is 13.8. The Morgan fingerprint density at radius 1 is 1.12 bits per heavy atom. The van der Waals surface area contributed by atoms with E-state index in [1.54, 1.807) is 6.92 Å². The molecule has 0 aromatic rings. The van der Waals surface area contributed by atoms with Crippen molar-refractivity contribution in [2.45, 2.75) is 46.5 Å². The van der Waals surface area contributed by atoms with Gasteiger partial charge in [-0.1, -0.05) is 38.8 Å². The van der Waals surface area contributed by atoms with Gasteiger partial charge in [-0.25, -0.2) is 0 Å². The van der Waals surface area contributed by atoms with Gasteiger partial charge in [0.15, 0.2) is 6.73 Å². The molecule has 0 rings (SSSR count). The Morgan fingerprint density at radius 2 is 1.67 bits per heavy atom. The molecule has 0 heterocycles. The van der Waals surface area contributed by atoms with Crippen molar-refractivity contribution in [2.24, 2.45) is 11.8 Å². The number of carboxylic acid groups (broad SMARTS) is 2. The van der Waals surface area contributed by atoms with Crippen LogP contribution in [0.4, 0.5) is 0 Å². The summed E-state index contributed by atoms with van der Waals surface area (Å²) in [6, 6.07) is 0. The maximum atomic E-state index is 11.1. The summed E-state index contributed by atoms with van der Waals surface area (Å²) in [7, 11) is 0. The molecule has 0 aromatic heterocycles. The Labute approximate surface area is 167 Å². The molecule has 0 fully saturated rings. The maximum absolute atomic E-state index is 11.1. The van der Waals surface area contributed by atoms with E-state index in [0.29, 0.717) is 13.0 Å². The molecule has 7 heteroatoms. The monoisotopic (exact) mass is 352 g/mol. The summed E-state index contributed by atoms with van der Waals surface area (Å²) in [4.78, 5) is 22.2. The van der Waals surface area contributed by atoms with E-state index in [9.17, 15) is 19.8 Å². The number of quaternary nitrogens is 1. The van der Waals surface area contributed by atoms with Gasteiger partial charge in [-0.2, -0.15) is 0 Å². The van der Waals surface area contributed by atoms with Gasteiger partial charge in [0.2, 0.25) is 0 Å². The van der Waals surface area contributed by atoms with Crippen molar-refractivity contribution in [1.82, 2.24) is 0 Å². The van der Waals surface area contributed by atoms with E-state index in [-0.39, 0.29) is 53.9 Å². The third-order valence-electron chi connectivity index (χ3n) is 4.11. The van der Waals surface area contributed by atoms with Gasteiger partial charge in [0.25, 0.3) is 0 Å². The molecule has 0 aliphatic carbocycles. The van der Waals surface area contributed by atoms with Crippen LogP contribution in [0.5, 0.6) is 0 Å². The van der Waals surface area contributed by atoms with Crippen molar-refractivity contribution >= 4 is 11.9 Å². The Balaban J connectivity index is 0. The molecule has 0 saturated carbocycles. The van der Waals surface area contributed by atoms with Crippen LogP contribution in [0.1, 0.15) is 46.5 Å². The van der Waals surface area contributed by atoms with E-state index in [2.05, 4.69) is 13.0 Å². The first-order valence-electron chi connectivity index (χ1n) is 8.32. The van der Waals surface area contributed by atoms with Crippen molar-refractivity contribution in [3.63, 3.8) is 0 Å². The number of allylic oxidation sites excluding steroid dienone is 1. The van der Waals surface area contributed by atoms with Gasteiger partial charge < -0.3 is 20.1 Å². The molecule has 3 atom stereocenters. The molecule has 0 aliphatic heterocycles. The van der Waals surface area contributed by atoms with Crippen molar-refractivity contribution in [3.8, 4) is 0 Å². The van der Waals surface area contributed by atoms with Crippen LogP contribution in [0.25, 0.3) is 0 Å². The average Bonchev–Trinajstić information content (AvgIpc) is 2.50. The third kappa shape index (κ3) is 10.5. The number of aliphatic hydroxyl groups is 1. The van der Waals surface area contributed by atoms with Gasteiger partial charge in [0, 0.05) is 18.3 Å². The summed E-state index contributed by atoms with van der Waals surface area (Å²) >= 11 is 0. The van der Waals surface area contributed by atoms with Crippen molar-refractivity contribution in [3.05, 3.63) is 12.2 Å². The molecule has 3 unspecified atom stereocenters. The van der Waals surface area contributed by atoms with Crippen LogP contribution in [-0.4, -0.2) is 53.0 Å². The smallest absolute Gasteiger partial charge is 0.550 e. The van der Waals surface area contributed by atoms with E-state index in [4.69, 9.17) is 5.11 Å². The van der Waals surface area contributed by atoms with Gasteiger partial charge in [-0.05, 0) is 13.3 Å². The minimum absolute atomic E-state index is 0. The number of nitrogens with zero attached hydrogens (tertiary/aromatic N) is 1. The maximum Gasteiger partial charge on any atom is 1.00 e. The van der Waals surface area contributed by atoms with E-state index < -0.39 is 23.8 Å². The zero-order valence-corrected chi connectivity index (χ0v) is 17.5. The number of aliphatic carboxylic acids is 2. The van der Waals surface area contributed by atoms with Gasteiger partial charge in [0.1, 0.15) is 5.92 Å². The average molecular weight is 352 g/mol. The second-order valence-electron chi connectivity index (χ2n) is 6.43. The van der Waals surface area contributed by atoms with Crippen molar-refractivity contribution in [1.29, 1.82) is 0 Å². The number of hydrogen-bond acceptors (Lipinski definition) is 4. The van der Waals surface area contributed by atoms with E-state index in [0.717, 1.165) is 19.3 Å². The number of carboxylic acids is 2. The van der Waals surface area contributed by atoms with Gasteiger partial charge >= 0.3 is 35.5 Å². The van der Waals surface area contributed by atoms with Gasteiger partial charge in [-0.3, -0.25) is 9.28 Å². The van der Waals surface area contributed by atoms with E-state index in [1.165, 1.54) is 6.92 Å². The van der Waals surface area contributed by atoms with Crippen LogP contribution in [0.2, 0.25) is 0 Å². The number of carbonyl (C=O) groups is 2. The summed E-state index contributed by atoms with van der Waals surface area (Å²) in [5, 5.41) is 30.0. The Hall–Kier alpha value is -0.400. The quantitative estimate of drug-likeness (QED) is 0.131. The molecule has 0 bridgehead atoms. The van der Waals surface area contributed by atoms with Crippen LogP contribution in [-0.2, 0) is 9.59 Å². The molecular formula is C17H31NNaO5+. The van der Waals surface area contributed by atoms with Crippen molar-refractivity contribution < 1.29 is 58.9 Å². The SMILES string of the molecule is CCCC/C=C/CC[N+](CO)(CC(C)C(=O)[O-])CC(C)C(=O)O.[Na+]. The molecule has 0 saturated heterocycles. The Kier molecular flexibility index (Phi) is 14.9. The number of hydrogen-bond donors (Lipinski definition) is 2. The second-order valence-corrected chi connectivity index (χ2v) is 6.43. The minimum atomic E-state index is -1.18. The molecule has 24 heavy (non-hydrogen) atoms. The molecule has 2 N–H and O–H groups in total. The summed E-state index contributed by atoms with van der Waals surface area (Å²) in [5.74, 6) is -3.52. The van der Waals surface area contributed by atoms with Crippen LogP contribution in [0.15, 0.2) is 12.2 Å². The first kappa shape index (κ1) is 25.8. The fourth-order valence-electron chi connectivity index (χ4n) is 2.66. The largest absolute Gasteiger partial charge is 1.00 e. The first-order chi connectivity index (χ1) is 10.8. The first-order valence-corrected chi connectivity index (χ1v) is 8.32. The number of unbranched alkanes of at least 4 members (excludes halogenated alkanes) is 2. The molecular weight excluding hydrogens is 321 g/mol. The van der Waals surface area contributed by atoms with Crippen molar-refractivity contribution in [2.75, 3.05) is 26.4 Å². The van der Waals surface area contributed by atoms with Gasteiger partial charge in [-0.15, -0.1) is 0 Å². The number of aliphatic hydroxyl groups excluding tert-OH is 1. The third-order valence-corrected chi connectivity index (χ3v) is 4.11. The standard InChI is InChI=1S/C17H31NO5.Na/c1-4-5-6-7-8-9-10-18(13-19,11-14(2)16(20)21)12-15(3)17(22)23;/h7-8,14-15,19H,4-6,9-13H2,1-3H3,(H-,20,21,22,23);/q;+1/b8-7+;. The Bertz CT molecular complexity index is 378. The normalized spacial score (nSPS) is 16.2. The van der Waals surface area contributed by atoms with Crippen LogP contribution < -0.4 is 34.7 Å². The predicted octanol–water partition coefficient (Wildman–Crippen LogP) is -2.00. The fourth-order valence-corrected chi connectivity index (χ4v) is 2.66. The molecule has 0 radical (unpaired) electrons. The molecule has 0 amide bonds. The molecule has 0 aliphatic rings. The molecule has 0 spiro atoms. The molecule has 6 nitrogen and oxygen atoms in total. The van der Waals surface area contributed by atoms with Crippen LogP contribution in [0, 0.1) is 11.8 Å². The van der Waals surface area contributed by atoms with E-state index in [1.807, 2.05) is 6.08 Å². The van der Waals surface area contributed by atoms with Crippen LogP contribution in [0.3, 0.4) is 0 Å². The topological polar surface area (TPSA) is 97.7 Å². The molecule has 0 aromatic carbocycles. The summed E-state index contributed by atoms with van der Waals surface area (Å²) < 4.78 is 0.0563. The van der Waals surface area contributed by atoms with Crippen LogP contribution >= 0.6 is 0 Å². The predicted molar refractivity (Wildman–Crippen MR) is 86.2 cm³/mol. The van der Waals surface area contributed by atoms with E-state index >= 15 is 0 Å². The summed E-state index contributed by atoms with van der Waals surface area (Å²) in [6.45, 7) is 5.82. The summed E-state index contributed by atoms with van der Waals surface area (Å²) in [6.07, 6.45) is 8.02. The Morgan fingerprint density at radius 3 is 2.12 bits per heavy atom. The summed E-state index contributed by atoms with van der Waals surface area (Å²) in [5.41, 5.74) is 0.